The second kappa shape index (κ2) is 9.64. The van der Waals surface area contributed by atoms with Gasteiger partial charge in [0.25, 0.3) is 0 Å². The van der Waals surface area contributed by atoms with E-state index >= 15 is 0 Å². The molecule has 6 nitrogen and oxygen atoms in total. The van der Waals surface area contributed by atoms with Gasteiger partial charge < -0.3 is 10.2 Å². The van der Waals surface area contributed by atoms with Gasteiger partial charge in [-0.25, -0.2) is 9.59 Å². The largest absolute Gasteiger partial charge is 0.478 e. The lowest BCUT2D eigenvalue weighted by Crippen LogP contribution is -1.99. The summed E-state index contributed by atoms with van der Waals surface area (Å²) >= 11 is 0. The average molecular weight is 473 g/mol. The number of hydrogen-bond acceptors (Lipinski definition) is 4. The van der Waals surface area contributed by atoms with E-state index < -0.39 is 11.9 Å². The molecule has 0 amide bonds. The van der Waals surface area contributed by atoms with Gasteiger partial charge in [0.15, 0.2) is 0 Å². The minimum Gasteiger partial charge on any atom is -0.478 e. The van der Waals surface area contributed by atoms with E-state index in [9.17, 15) is 19.8 Å². The number of rotatable bonds is 6. The van der Waals surface area contributed by atoms with Crippen LogP contribution in [-0.2, 0) is 0 Å². The summed E-state index contributed by atoms with van der Waals surface area (Å²) in [5.74, 6) is -1.96. The fraction of sp³-hybridized carbons (Fsp3) is 0. The molecule has 0 atom stereocenters. The van der Waals surface area contributed by atoms with Crippen molar-refractivity contribution in [2.24, 2.45) is 9.98 Å². The van der Waals surface area contributed by atoms with Crippen molar-refractivity contribution in [3.8, 4) is 0 Å². The number of carboxylic acids is 2. The molecule has 5 rings (SSSR count). The van der Waals surface area contributed by atoms with Crippen LogP contribution in [0.5, 0.6) is 0 Å². The van der Waals surface area contributed by atoms with Crippen molar-refractivity contribution in [2.75, 3.05) is 0 Å². The quantitative estimate of drug-likeness (QED) is 0.263. The number of hydrogen-bond donors (Lipinski definition) is 2. The zero-order valence-electron chi connectivity index (χ0n) is 19.0. The molecular weight excluding hydrogens is 452 g/mol. The standard InChI is InChI=1S/C30H20N2O4/c33-29(34)25-11-3-7-19-5-1-9-21(27(19)25)17-31-23-13-15-24(16-14-23)32-18-22-10-2-6-20-8-4-12-26(28(20)22)30(35)36/h1-18H,(H,33,34)(H,35,36). The second-order valence-electron chi connectivity index (χ2n) is 8.14. The Morgan fingerprint density at radius 1 is 0.528 bits per heavy atom. The molecule has 6 heteroatoms. The number of carbonyl (C=O) groups is 2. The van der Waals surface area contributed by atoms with Crippen LogP contribution in [0.15, 0.2) is 107 Å². The van der Waals surface area contributed by atoms with Crippen molar-refractivity contribution < 1.29 is 19.8 Å². The lowest BCUT2D eigenvalue weighted by Gasteiger charge is -2.06. The van der Waals surface area contributed by atoms with Crippen LogP contribution in [0.2, 0.25) is 0 Å². The van der Waals surface area contributed by atoms with Gasteiger partial charge in [0, 0.05) is 34.3 Å². The normalized spacial score (nSPS) is 11.6. The highest BCUT2D eigenvalue weighted by Gasteiger charge is 2.12. The molecule has 174 valence electrons. The third-order valence-corrected chi connectivity index (χ3v) is 5.89. The minimum atomic E-state index is -0.981. The summed E-state index contributed by atoms with van der Waals surface area (Å²) in [6.07, 6.45) is 3.33. The Balaban J connectivity index is 1.42. The molecule has 0 aliphatic heterocycles. The average Bonchev–Trinajstić information content (AvgIpc) is 2.90. The van der Waals surface area contributed by atoms with Crippen molar-refractivity contribution in [1.82, 2.24) is 0 Å². The molecule has 0 saturated heterocycles. The van der Waals surface area contributed by atoms with E-state index in [1.54, 1.807) is 36.7 Å². The zero-order chi connectivity index (χ0) is 25.1. The highest BCUT2D eigenvalue weighted by atomic mass is 16.4. The van der Waals surface area contributed by atoms with Crippen LogP contribution in [-0.4, -0.2) is 34.6 Å². The van der Waals surface area contributed by atoms with Crippen molar-refractivity contribution >= 4 is 57.3 Å². The van der Waals surface area contributed by atoms with Crippen LogP contribution < -0.4 is 0 Å². The molecule has 5 aromatic carbocycles. The third-order valence-electron chi connectivity index (χ3n) is 5.89. The van der Waals surface area contributed by atoms with E-state index in [0.717, 1.165) is 21.9 Å². The number of benzene rings is 5. The molecule has 0 unspecified atom stereocenters. The summed E-state index contributed by atoms with van der Waals surface area (Å²) in [6, 6.07) is 28.8. The molecule has 0 aromatic heterocycles. The van der Waals surface area contributed by atoms with Gasteiger partial charge >= 0.3 is 11.9 Å². The van der Waals surface area contributed by atoms with Gasteiger partial charge in [0.05, 0.1) is 22.5 Å². The third kappa shape index (κ3) is 4.48. The first-order valence-electron chi connectivity index (χ1n) is 11.2. The lowest BCUT2D eigenvalue weighted by molar-refractivity contribution is 0.0688. The Bertz CT molecular complexity index is 1550. The Hall–Kier alpha value is -5.10. The maximum absolute atomic E-state index is 11.7. The molecule has 36 heavy (non-hydrogen) atoms. The van der Waals surface area contributed by atoms with Crippen LogP contribution in [0.25, 0.3) is 21.5 Å². The molecule has 0 bridgehead atoms. The van der Waals surface area contributed by atoms with Crippen LogP contribution in [0.1, 0.15) is 31.8 Å². The topological polar surface area (TPSA) is 99.3 Å². The number of carboxylic acid groups (broad SMARTS) is 2. The van der Waals surface area contributed by atoms with Crippen LogP contribution >= 0.6 is 0 Å². The molecule has 0 spiro atoms. The van der Waals surface area contributed by atoms with Crippen molar-refractivity contribution in [1.29, 1.82) is 0 Å². The fourth-order valence-corrected chi connectivity index (χ4v) is 4.22. The van der Waals surface area contributed by atoms with E-state index in [1.165, 1.54) is 0 Å². The predicted octanol–water partition coefficient (Wildman–Crippen LogP) is 6.89. The molecular formula is C30H20N2O4. The van der Waals surface area contributed by atoms with Gasteiger partial charge in [0.2, 0.25) is 0 Å². The first-order valence-corrected chi connectivity index (χ1v) is 11.2. The Labute approximate surface area is 206 Å². The zero-order valence-corrected chi connectivity index (χ0v) is 19.0. The molecule has 0 heterocycles. The summed E-state index contributed by atoms with van der Waals surface area (Å²) in [4.78, 5) is 32.4. The second-order valence-corrected chi connectivity index (χ2v) is 8.14. The summed E-state index contributed by atoms with van der Waals surface area (Å²) < 4.78 is 0. The van der Waals surface area contributed by atoms with E-state index in [1.807, 2.05) is 72.8 Å². The molecule has 0 fully saturated rings. The predicted molar refractivity (Wildman–Crippen MR) is 143 cm³/mol. The van der Waals surface area contributed by atoms with Gasteiger partial charge in [-0.1, -0.05) is 60.7 Å². The Morgan fingerprint density at radius 2 is 0.889 bits per heavy atom. The van der Waals surface area contributed by atoms with Crippen LogP contribution in [0.4, 0.5) is 11.4 Å². The molecule has 5 aromatic rings. The Morgan fingerprint density at radius 3 is 1.25 bits per heavy atom. The van der Waals surface area contributed by atoms with E-state index in [-0.39, 0.29) is 11.1 Å². The summed E-state index contributed by atoms with van der Waals surface area (Å²) in [5.41, 5.74) is 3.29. The van der Waals surface area contributed by atoms with Crippen molar-refractivity contribution in [2.45, 2.75) is 0 Å². The van der Waals surface area contributed by atoms with Crippen LogP contribution in [0.3, 0.4) is 0 Å². The highest BCUT2D eigenvalue weighted by Crippen LogP contribution is 2.25. The lowest BCUT2D eigenvalue weighted by atomic mass is 10.00. The first-order chi connectivity index (χ1) is 17.5. The van der Waals surface area contributed by atoms with E-state index in [0.29, 0.717) is 22.1 Å². The van der Waals surface area contributed by atoms with Gasteiger partial charge in [0.1, 0.15) is 0 Å². The van der Waals surface area contributed by atoms with Crippen molar-refractivity contribution in [3.63, 3.8) is 0 Å². The monoisotopic (exact) mass is 472 g/mol. The van der Waals surface area contributed by atoms with Crippen molar-refractivity contribution in [3.05, 3.63) is 119 Å². The summed E-state index contributed by atoms with van der Waals surface area (Å²) in [6.45, 7) is 0. The minimum absolute atomic E-state index is 0.235. The van der Waals surface area contributed by atoms with Gasteiger partial charge in [-0.15, -0.1) is 0 Å². The Kier molecular flexibility index (Phi) is 6.07. The van der Waals surface area contributed by atoms with Crippen LogP contribution in [0, 0.1) is 0 Å². The number of aliphatic imine (C=N–C) groups is 2. The summed E-state index contributed by atoms with van der Waals surface area (Å²) in [7, 11) is 0. The maximum atomic E-state index is 11.7. The molecule has 0 aliphatic rings. The number of aromatic carboxylic acids is 2. The highest BCUT2D eigenvalue weighted by molar-refractivity contribution is 6.12. The molecule has 0 saturated carbocycles. The van der Waals surface area contributed by atoms with Gasteiger partial charge in [-0.05, 0) is 47.2 Å². The van der Waals surface area contributed by atoms with E-state index in [4.69, 9.17) is 0 Å². The van der Waals surface area contributed by atoms with Gasteiger partial charge in [-0.2, -0.15) is 0 Å². The first kappa shape index (κ1) is 22.7. The number of nitrogens with zero attached hydrogens (tertiary/aromatic N) is 2. The molecule has 2 N–H and O–H groups in total. The van der Waals surface area contributed by atoms with E-state index in [2.05, 4.69) is 9.98 Å². The number of fused-ring (bicyclic) bond motifs is 2. The van der Waals surface area contributed by atoms with Gasteiger partial charge in [-0.3, -0.25) is 9.98 Å². The SMILES string of the molecule is O=C(O)c1cccc2cccc(C=Nc3ccc(N=Cc4cccc5cccc(C(=O)O)c45)cc3)c12. The molecule has 0 aliphatic carbocycles. The molecule has 0 radical (unpaired) electrons. The maximum Gasteiger partial charge on any atom is 0.336 e. The smallest absolute Gasteiger partial charge is 0.336 e. The fourth-order valence-electron chi connectivity index (χ4n) is 4.22. The summed E-state index contributed by atoms with van der Waals surface area (Å²) in [5, 5.41) is 22.1.